The predicted octanol–water partition coefficient (Wildman–Crippen LogP) is 4.08. The Morgan fingerprint density at radius 3 is 2.26 bits per heavy atom. The number of sulfonamides is 1. The lowest BCUT2D eigenvalue weighted by Gasteiger charge is -2.32. The van der Waals surface area contributed by atoms with Crippen LogP contribution in [0.1, 0.15) is 57.8 Å². The molecular formula is C20H29BrN2O3S. The van der Waals surface area contributed by atoms with Gasteiger partial charge in [0.1, 0.15) is 0 Å². The average Bonchev–Trinajstić information content (AvgIpc) is 2.64. The largest absolute Gasteiger partial charge is 0.353 e. The minimum atomic E-state index is -3.56. The highest BCUT2D eigenvalue weighted by atomic mass is 79.9. The number of benzene rings is 1. The van der Waals surface area contributed by atoms with E-state index in [1.807, 2.05) is 0 Å². The van der Waals surface area contributed by atoms with Gasteiger partial charge < -0.3 is 5.32 Å². The second kappa shape index (κ2) is 9.52. The van der Waals surface area contributed by atoms with Crippen molar-refractivity contribution < 1.29 is 13.2 Å². The van der Waals surface area contributed by atoms with Crippen LogP contribution in [0.15, 0.2) is 33.6 Å². The van der Waals surface area contributed by atoms with Crippen molar-refractivity contribution in [2.45, 2.75) is 68.7 Å². The van der Waals surface area contributed by atoms with E-state index < -0.39 is 10.0 Å². The van der Waals surface area contributed by atoms with E-state index in [1.165, 1.54) is 36.4 Å². The highest BCUT2D eigenvalue weighted by molar-refractivity contribution is 9.10. The molecule has 7 heteroatoms. The van der Waals surface area contributed by atoms with Crippen LogP contribution in [0.25, 0.3) is 0 Å². The van der Waals surface area contributed by atoms with Gasteiger partial charge in [-0.2, -0.15) is 4.31 Å². The van der Waals surface area contributed by atoms with Crippen LogP contribution < -0.4 is 5.32 Å². The van der Waals surface area contributed by atoms with Gasteiger partial charge in [-0.3, -0.25) is 4.79 Å². The van der Waals surface area contributed by atoms with E-state index >= 15 is 0 Å². The molecule has 1 saturated carbocycles. The lowest BCUT2D eigenvalue weighted by Crippen LogP contribution is -2.47. The summed E-state index contributed by atoms with van der Waals surface area (Å²) in [6, 6.07) is 6.93. The van der Waals surface area contributed by atoms with E-state index in [-0.39, 0.29) is 29.3 Å². The Bertz CT molecular complexity index is 728. The zero-order valence-corrected chi connectivity index (χ0v) is 18.1. The summed E-state index contributed by atoms with van der Waals surface area (Å²) in [6.45, 7) is 0.753. The molecule has 0 radical (unpaired) electrons. The number of carbonyl (C=O) groups excluding carboxylic acids is 1. The summed E-state index contributed by atoms with van der Waals surface area (Å²) < 4.78 is 28.2. The molecule has 1 N–H and O–H groups in total. The number of piperidine rings is 1. The van der Waals surface area contributed by atoms with Gasteiger partial charge in [-0.05, 0) is 49.9 Å². The van der Waals surface area contributed by atoms with Crippen molar-refractivity contribution in [3.05, 3.63) is 28.7 Å². The van der Waals surface area contributed by atoms with Crippen molar-refractivity contribution in [2.75, 3.05) is 13.1 Å². The third-order valence-electron chi connectivity index (χ3n) is 5.66. The third kappa shape index (κ3) is 5.55. The first-order chi connectivity index (χ1) is 13.0. The van der Waals surface area contributed by atoms with Crippen LogP contribution >= 0.6 is 15.9 Å². The Kier molecular flexibility index (Phi) is 7.34. The first-order valence-corrected chi connectivity index (χ1v) is 12.3. The molecule has 1 heterocycles. The summed E-state index contributed by atoms with van der Waals surface area (Å²) in [5, 5.41) is 3.21. The maximum Gasteiger partial charge on any atom is 0.243 e. The van der Waals surface area contributed by atoms with E-state index in [4.69, 9.17) is 0 Å². The predicted molar refractivity (Wildman–Crippen MR) is 110 cm³/mol. The normalized spacial score (nSPS) is 23.4. The minimum Gasteiger partial charge on any atom is -0.353 e. The van der Waals surface area contributed by atoms with Gasteiger partial charge in [-0.1, -0.05) is 48.0 Å². The van der Waals surface area contributed by atoms with Crippen molar-refractivity contribution in [1.29, 1.82) is 0 Å². The lowest BCUT2D eigenvalue weighted by molar-refractivity contribution is -0.126. The van der Waals surface area contributed by atoms with Gasteiger partial charge in [0.15, 0.2) is 0 Å². The summed E-state index contributed by atoms with van der Waals surface area (Å²) in [7, 11) is -3.56. The summed E-state index contributed by atoms with van der Waals surface area (Å²) >= 11 is 3.33. The molecular weight excluding hydrogens is 428 g/mol. The van der Waals surface area contributed by atoms with Crippen molar-refractivity contribution in [2.24, 2.45) is 5.92 Å². The number of nitrogens with zero attached hydrogens (tertiary/aromatic N) is 1. The Hall–Kier alpha value is -0.920. The number of hydrogen-bond acceptors (Lipinski definition) is 3. The fourth-order valence-electron chi connectivity index (χ4n) is 4.05. The average molecular weight is 457 g/mol. The fraction of sp³-hybridized carbons (Fsp3) is 0.650. The van der Waals surface area contributed by atoms with Crippen molar-refractivity contribution in [3.8, 4) is 0 Å². The van der Waals surface area contributed by atoms with Gasteiger partial charge in [-0.15, -0.1) is 0 Å². The molecule has 2 aliphatic rings. The molecule has 150 valence electrons. The number of carbonyl (C=O) groups is 1. The summed E-state index contributed by atoms with van der Waals surface area (Å²) in [5.74, 6) is -0.231. The van der Waals surface area contributed by atoms with Crippen LogP contribution in [-0.2, 0) is 14.8 Å². The van der Waals surface area contributed by atoms with Crippen LogP contribution in [0, 0.1) is 5.92 Å². The zero-order valence-electron chi connectivity index (χ0n) is 15.7. The Morgan fingerprint density at radius 1 is 0.963 bits per heavy atom. The van der Waals surface area contributed by atoms with E-state index in [2.05, 4.69) is 21.2 Å². The topological polar surface area (TPSA) is 66.5 Å². The van der Waals surface area contributed by atoms with Crippen LogP contribution in [0.5, 0.6) is 0 Å². The summed E-state index contributed by atoms with van der Waals surface area (Å²) in [6.07, 6.45) is 9.68. The molecule has 1 aliphatic carbocycles. The standard InChI is InChI=1S/C20H29BrN2O3S/c21-17-10-12-19(13-11-17)27(25,26)23-14-6-7-16(15-23)20(24)22-18-8-4-2-1-3-5-9-18/h10-13,16,18H,1-9,14-15H2,(H,22,24)/t16-/m0/s1. The summed E-state index contributed by atoms with van der Waals surface area (Å²) in [4.78, 5) is 13.1. The first-order valence-electron chi connectivity index (χ1n) is 10.0. The molecule has 5 nitrogen and oxygen atoms in total. The molecule has 1 aromatic carbocycles. The van der Waals surface area contributed by atoms with E-state index in [0.29, 0.717) is 6.54 Å². The number of hydrogen-bond donors (Lipinski definition) is 1. The molecule has 1 aromatic rings. The van der Waals surface area contributed by atoms with Crippen LogP contribution in [0.4, 0.5) is 0 Å². The molecule has 0 unspecified atom stereocenters. The highest BCUT2D eigenvalue weighted by Crippen LogP contribution is 2.25. The number of rotatable bonds is 4. The van der Waals surface area contributed by atoms with E-state index in [0.717, 1.165) is 30.2 Å². The molecule has 1 aliphatic heterocycles. The molecule has 3 rings (SSSR count). The lowest BCUT2D eigenvalue weighted by atomic mass is 9.94. The molecule has 2 fully saturated rings. The zero-order chi connectivity index (χ0) is 19.3. The number of nitrogens with one attached hydrogen (secondary N) is 1. The maximum absolute atomic E-state index is 12.9. The molecule has 1 amide bonds. The van der Waals surface area contributed by atoms with Crippen molar-refractivity contribution in [1.82, 2.24) is 9.62 Å². The van der Waals surface area contributed by atoms with Crippen molar-refractivity contribution in [3.63, 3.8) is 0 Å². The maximum atomic E-state index is 12.9. The molecule has 27 heavy (non-hydrogen) atoms. The van der Waals surface area contributed by atoms with Crippen molar-refractivity contribution >= 4 is 31.9 Å². The van der Waals surface area contributed by atoms with Gasteiger partial charge in [0, 0.05) is 23.6 Å². The molecule has 0 aromatic heterocycles. The molecule has 1 saturated heterocycles. The van der Waals surface area contributed by atoms with Crippen LogP contribution in [0.3, 0.4) is 0 Å². The van der Waals surface area contributed by atoms with Gasteiger partial charge in [0.2, 0.25) is 15.9 Å². The van der Waals surface area contributed by atoms with E-state index in [1.54, 1.807) is 24.3 Å². The van der Waals surface area contributed by atoms with Gasteiger partial charge in [0.25, 0.3) is 0 Å². The Morgan fingerprint density at radius 2 is 1.59 bits per heavy atom. The van der Waals surface area contributed by atoms with Gasteiger partial charge in [0.05, 0.1) is 10.8 Å². The SMILES string of the molecule is O=C(NC1CCCCCCC1)[C@H]1CCCN(S(=O)(=O)c2ccc(Br)cc2)C1. The van der Waals surface area contributed by atoms with E-state index in [9.17, 15) is 13.2 Å². The highest BCUT2D eigenvalue weighted by Gasteiger charge is 2.33. The third-order valence-corrected chi connectivity index (χ3v) is 8.07. The second-order valence-electron chi connectivity index (χ2n) is 7.71. The quantitative estimate of drug-likeness (QED) is 0.741. The molecule has 0 bridgehead atoms. The monoisotopic (exact) mass is 456 g/mol. The minimum absolute atomic E-state index is 0.0243. The number of amides is 1. The Balaban J connectivity index is 1.62. The van der Waals surface area contributed by atoms with Gasteiger partial charge in [-0.25, -0.2) is 8.42 Å². The van der Waals surface area contributed by atoms with Gasteiger partial charge >= 0.3 is 0 Å². The molecule has 1 atom stereocenters. The fourth-order valence-corrected chi connectivity index (χ4v) is 5.84. The first kappa shape index (κ1) is 20.8. The molecule has 0 spiro atoms. The van der Waals surface area contributed by atoms with Crippen LogP contribution in [-0.4, -0.2) is 37.8 Å². The number of halogens is 1. The Labute approximate surface area is 171 Å². The summed E-state index contributed by atoms with van der Waals surface area (Å²) in [5.41, 5.74) is 0. The van der Waals surface area contributed by atoms with Crippen LogP contribution in [0.2, 0.25) is 0 Å². The second-order valence-corrected chi connectivity index (χ2v) is 10.6. The smallest absolute Gasteiger partial charge is 0.243 e.